The van der Waals surface area contributed by atoms with Crippen molar-refractivity contribution >= 4 is 15.9 Å². The summed E-state index contributed by atoms with van der Waals surface area (Å²) in [4.78, 5) is 8.49. The number of hydrogen-bond donors (Lipinski definition) is 0. The molecule has 0 saturated heterocycles. The summed E-state index contributed by atoms with van der Waals surface area (Å²) in [6, 6.07) is 2.02. The van der Waals surface area contributed by atoms with Crippen LogP contribution in [0.25, 0.3) is 5.95 Å². The lowest BCUT2D eigenvalue weighted by atomic mass is 10.3. The van der Waals surface area contributed by atoms with Crippen molar-refractivity contribution in [1.29, 1.82) is 0 Å². The fraction of sp³-hybridized carbons (Fsp3) is 0.364. The Morgan fingerprint density at radius 2 is 2.29 bits per heavy atom. The zero-order valence-corrected chi connectivity index (χ0v) is 10.9. The topological polar surface area (TPSA) is 52.8 Å². The van der Waals surface area contributed by atoms with E-state index in [-0.39, 0.29) is 0 Å². The van der Waals surface area contributed by atoms with Gasteiger partial charge in [-0.2, -0.15) is 10.1 Å². The van der Waals surface area contributed by atoms with Crippen LogP contribution < -0.4 is 4.74 Å². The first-order valence-electron chi connectivity index (χ1n) is 5.40. The summed E-state index contributed by atoms with van der Waals surface area (Å²) in [7, 11) is 1.58. The first-order valence-corrected chi connectivity index (χ1v) is 6.19. The molecule has 0 aromatic carbocycles. The van der Waals surface area contributed by atoms with E-state index in [4.69, 9.17) is 4.74 Å². The van der Waals surface area contributed by atoms with E-state index in [1.807, 2.05) is 12.3 Å². The first kappa shape index (κ1) is 10.7. The second-order valence-corrected chi connectivity index (χ2v) is 4.84. The zero-order chi connectivity index (χ0) is 11.8. The number of nitrogens with zero attached hydrogens (tertiary/aromatic N) is 4. The van der Waals surface area contributed by atoms with Crippen LogP contribution in [0.4, 0.5) is 0 Å². The molecule has 2 aromatic heterocycles. The maximum absolute atomic E-state index is 5.13. The van der Waals surface area contributed by atoms with Crippen LogP contribution in [-0.4, -0.2) is 26.9 Å². The lowest BCUT2D eigenvalue weighted by molar-refractivity contribution is 0.392. The molecule has 17 heavy (non-hydrogen) atoms. The van der Waals surface area contributed by atoms with Crippen molar-refractivity contribution in [3.63, 3.8) is 0 Å². The number of ether oxygens (including phenoxy) is 1. The zero-order valence-electron chi connectivity index (χ0n) is 9.30. The van der Waals surface area contributed by atoms with E-state index < -0.39 is 0 Å². The van der Waals surface area contributed by atoms with Gasteiger partial charge < -0.3 is 4.74 Å². The second kappa shape index (κ2) is 4.10. The van der Waals surface area contributed by atoms with E-state index in [9.17, 15) is 0 Å². The highest BCUT2D eigenvalue weighted by Gasteiger charge is 2.26. The molecule has 1 aliphatic carbocycles. The maximum Gasteiger partial charge on any atom is 0.253 e. The van der Waals surface area contributed by atoms with Crippen molar-refractivity contribution in [3.8, 4) is 11.8 Å². The summed E-state index contributed by atoms with van der Waals surface area (Å²) in [5.74, 6) is 1.67. The smallest absolute Gasteiger partial charge is 0.253 e. The van der Waals surface area contributed by atoms with Gasteiger partial charge in [0.15, 0.2) is 0 Å². The van der Waals surface area contributed by atoms with Gasteiger partial charge >= 0.3 is 0 Å². The second-order valence-electron chi connectivity index (χ2n) is 3.99. The quantitative estimate of drug-likeness (QED) is 0.872. The summed E-state index contributed by atoms with van der Waals surface area (Å²) in [6.45, 7) is 0. The molecule has 1 saturated carbocycles. The molecule has 0 aliphatic heterocycles. The molecule has 6 heteroatoms. The van der Waals surface area contributed by atoms with Crippen molar-refractivity contribution in [2.45, 2.75) is 18.8 Å². The number of hydrogen-bond acceptors (Lipinski definition) is 4. The van der Waals surface area contributed by atoms with Crippen LogP contribution >= 0.6 is 15.9 Å². The van der Waals surface area contributed by atoms with Gasteiger partial charge in [-0.1, -0.05) is 0 Å². The van der Waals surface area contributed by atoms with Gasteiger partial charge in [-0.3, -0.25) is 0 Å². The predicted octanol–water partition coefficient (Wildman–Crippen LogP) is 2.31. The molecule has 88 valence electrons. The van der Waals surface area contributed by atoms with Gasteiger partial charge in [0.25, 0.3) is 5.95 Å². The number of methoxy groups -OCH3 is 1. The van der Waals surface area contributed by atoms with Crippen LogP contribution in [0.1, 0.15) is 24.5 Å². The SMILES string of the molecule is COc1nc(-n2ccc(C3CC3)n2)ncc1Br. The Morgan fingerprint density at radius 3 is 3.00 bits per heavy atom. The van der Waals surface area contributed by atoms with Crippen molar-refractivity contribution in [3.05, 3.63) is 28.6 Å². The van der Waals surface area contributed by atoms with Crippen molar-refractivity contribution in [2.24, 2.45) is 0 Å². The Morgan fingerprint density at radius 1 is 1.47 bits per heavy atom. The lowest BCUT2D eigenvalue weighted by Crippen LogP contribution is -2.03. The van der Waals surface area contributed by atoms with E-state index in [0.29, 0.717) is 17.7 Å². The molecule has 5 nitrogen and oxygen atoms in total. The highest BCUT2D eigenvalue weighted by atomic mass is 79.9. The minimum atomic E-state index is 0.512. The molecule has 0 unspecified atom stereocenters. The third-order valence-corrected chi connectivity index (χ3v) is 3.25. The third kappa shape index (κ3) is 2.04. The Balaban J connectivity index is 1.96. The molecular weight excluding hydrogens is 284 g/mol. The highest BCUT2D eigenvalue weighted by molar-refractivity contribution is 9.10. The molecule has 0 N–H and O–H groups in total. The molecule has 2 aromatic rings. The summed E-state index contributed by atoms with van der Waals surface area (Å²) in [5, 5.41) is 4.47. The molecule has 3 rings (SSSR count). The Kier molecular flexibility index (Phi) is 2.58. The van der Waals surface area contributed by atoms with E-state index in [1.54, 1.807) is 18.0 Å². The largest absolute Gasteiger partial charge is 0.480 e. The van der Waals surface area contributed by atoms with Gasteiger partial charge in [-0.15, -0.1) is 0 Å². The van der Waals surface area contributed by atoms with Gasteiger partial charge in [-0.05, 0) is 34.8 Å². The minimum absolute atomic E-state index is 0.512. The minimum Gasteiger partial charge on any atom is -0.480 e. The average molecular weight is 295 g/mol. The fourth-order valence-corrected chi connectivity index (χ4v) is 2.00. The standard InChI is InChI=1S/C11H11BrN4O/c1-17-10-8(12)6-13-11(14-10)16-5-4-9(15-16)7-2-3-7/h4-7H,2-3H2,1H3. The molecule has 0 amide bonds. The van der Waals surface area contributed by atoms with E-state index in [1.165, 1.54) is 12.8 Å². The molecule has 1 aliphatic rings. The van der Waals surface area contributed by atoms with Crippen LogP contribution in [0, 0.1) is 0 Å². The summed E-state index contributed by atoms with van der Waals surface area (Å²) in [5.41, 5.74) is 1.12. The molecule has 0 radical (unpaired) electrons. The summed E-state index contributed by atoms with van der Waals surface area (Å²) < 4.78 is 7.55. The maximum atomic E-state index is 5.13. The summed E-state index contributed by atoms with van der Waals surface area (Å²) in [6.07, 6.45) is 6.03. The van der Waals surface area contributed by atoms with Crippen LogP contribution in [0.3, 0.4) is 0 Å². The highest BCUT2D eigenvalue weighted by Crippen LogP contribution is 2.38. The van der Waals surface area contributed by atoms with Crippen LogP contribution in [0.2, 0.25) is 0 Å². The number of halogens is 1. The van der Waals surface area contributed by atoms with E-state index >= 15 is 0 Å². The average Bonchev–Trinajstić information content (AvgIpc) is 3.08. The van der Waals surface area contributed by atoms with Crippen molar-refractivity contribution in [1.82, 2.24) is 19.7 Å². The third-order valence-electron chi connectivity index (χ3n) is 2.70. The monoisotopic (exact) mass is 294 g/mol. The number of rotatable bonds is 3. The van der Waals surface area contributed by atoms with Gasteiger partial charge in [0, 0.05) is 12.1 Å². The molecular formula is C11H11BrN4O. The molecule has 2 heterocycles. The molecule has 0 spiro atoms. The van der Waals surface area contributed by atoms with Gasteiger partial charge in [0.2, 0.25) is 5.88 Å². The van der Waals surface area contributed by atoms with E-state index in [0.717, 1.165) is 10.2 Å². The van der Waals surface area contributed by atoms with Gasteiger partial charge in [0.1, 0.15) is 0 Å². The molecule has 0 atom stereocenters. The van der Waals surface area contributed by atoms with Crippen LogP contribution in [-0.2, 0) is 0 Å². The van der Waals surface area contributed by atoms with E-state index in [2.05, 4.69) is 31.0 Å². The fourth-order valence-electron chi connectivity index (χ4n) is 1.64. The van der Waals surface area contributed by atoms with Gasteiger partial charge in [-0.25, -0.2) is 9.67 Å². The summed E-state index contributed by atoms with van der Waals surface area (Å²) >= 11 is 3.32. The van der Waals surface area contributed by atoms with Gasteiger partial charge in [0.05, 0.1) is 23.5 Å². The van der Waals surface area contributed by atoms with Crippen LogP contribution in [0.15, 0.2) is 22.9 Å². The Hall–Kier alpha value is -1.43. The van der Waals surface area contributed by atoms with Crippen molar-refractivity contribution < 1.29 is 4.74 Å². The molecule has 1 fully saturated rings. The Bertz CT molecular complexity index is 550. The predicted molar refractivity (Wildman–Crippen MR) is 65.4 cm³/mol. The lowest BCUT2D eigenvalue weighted by Gasteiger charge is -2.04. The normalized spacial score (nSPS) is 14.9. The van der Waals surface area contributed by atoms with Crippen LogP contribution in [0.5, 0.6) is 5.88 Å². The Labute approximate surface area is 107 Å². The number of aromatic nitrogens is 4. The first-order chi connectivity index (χ1) is 8.28. The van der Waals surface area contributed by atoms with Crippen molar-refractivity contribution in [2.75, 3.05) is 7.11 Å². The molecule has 0 bridgehead atoms.